The van der Waals surface area contributed by atoms with Gasteiger partial charge in [-0.2, -0.15) is 0 Å². The number of benzene rings is 1. The van der Waals surface area contributed by atoms with Crippen LogP contribution in [0.25, 0.3) is 22.2 Å². The van der Waals surface area contributed by atoms with Crippen LogP contribution in [0.4, 0.5) is 10.6 Å². The summed E-state index contributed by atoms with van der Waals surface area (Å²) in [6.07, 6.45) is 4.45. The predicted molar refractivity (Wildman–Crippen MR) is 136 cm³/mol. The molecule has 4 rings (SSSR count). The van der Waals surface area contributed by atoms with Gasteiger partial charge in [-0.3, -0.25) is 5.32 Å². The molecule has 176 valence electrons. The van der Waals surface area contributed by atoms with Crippen LogP contribution in [-0.4, -0.2) is 43.9 Å². The van der Waals surface area contributed by atoms with Gasteiger partial charge in [0.05, 0.1) is 7.11 Å². The van der Waals surface area contributed by atoms with Gasteiger partial charge in [0.25, 0.3) is 0 Å². The minimum atomic E-state index is -1.17. The van der Waals surface area contributed by atoms with E-state index < -0.39 is 8.07 Å². The van der Waals surface area contributed by atoms with Crippen molar-refractivity contribution in [3.05, 3.63) is 42.6 Å². The number of urea groups is 1. The molecule has 1 saturated carbocycles. The first-order chi connectivity index (χ1) is 15.8. The molecule has 0 radical (unpaired) electrons. The van der Waals surface area contributed by atoms with Crippen molar-refractivity contribution in [1.29, 1.82) is 0 Å². The number of hydrogen-bond donors (Lipinski definition) is 2. The average molecular weight is 467 g/mol. The Hall–Kier alpha value is -2.84. The molecule has 1 fully saturated rings. The number of hydrogen-bond acceptors (Lipinski definition) is 4. The fourth-order valence-electron chi connectivity index (χ4n) is 3.67. The smallest absolute Gasteiger partial charge is 0.320 e. The van der Waals surface area contributed by atoms with E-state index in [1.54, 1.807) is 7.11 Å². The lowest BCUT2D eigenvalue weighted by molar-refractivity contribution is 0.0899. The van der Waals surface area contributed by atoms with Crippen LogP contribution >= 0.6 is 0 Å². The van der Waals surface area contributed by atoms with Gasteiger partial charge >= 0.3 is 6.03 Å². The van der Waals surface area contributed by atoms with Crippen molar-refractivity contribution in [3.8, 4) is 16.9 Å². The lowest BCUT2D eigenvalue weighted by Crippen LogP contribution is -2.30. The molecule has 7 nitrogen and oxygen atoms in total. The summed E-state index contributed by atoms with van der Waals surface area (Å²) in [5.41, 5.74) is 2.79. The highest BCUT2D eigenvalue weighted by atomic mass is 28.3. The first-order valence-electron chi connectivity index (χ1n) is 11.6. The van der Waals surface area contributed by atoms with Gasteiger partial charge in [-0.25, -0.2) is 9.78 Å². The van der Waals surface area contributed by atoms with Crippen LogP contribution in [0, 0.1) is 5.92 Å². The van der Waals surface area contributed by atoms with Gasteiger partial charge in [0.1, 0.15) is 23.9 Å². The average Bonchev–Trinajstić information content (AvgIpc) is 3.55. The Bertz CT molecular complexity index is 1120. The van der Waals surface area contributed by atoms with Crippen LogP contribution in [-0.2, 0) is 11.5 Å². The van der Waals surface area contributed by atoms with Gasteiger partial charge in [-0.05, 0) is 43.0 Å². The van der Waals surface area contributed by atoms with Crippen LogP contribution in [0.5, 0.6) is 5.75 Å². The second-order valence-electron chi connectivity index (χ2n) is 9.91. The summed E-state index contributed by atoms with van der Waals surface area (Å²) in [7, 11) is 0.510. The molecule has 0 unspecified atom stereocenters. The fourth-order valence-corrected chi connectivity index (χ4v) is 4.43. The summed E-state index contributed by atoms with van der Waals surface area (Å²) in [5, 5.41) is 6.78. The number of carbonyl (C=O) groups is 1. The maximum atomic E-state index is 12.3. The zero-order valence-corrected chi connectivity index (χ0v) is 21.0. The van der Waals surface area contributed by atoms with Gasteiger partial charge in [-0.1, -0.05) is 37.8 Å². The number of rotatable bonds is 10. The molecule has 0 aliphatic heterocycles. The summed E-state index contributed by atoms with van der Waals surface area (Å²) in [4.78, 5) is 17.0. The number of anilines is 1. The largest absolute Gasteiger partial charge is 0.496 e. The van der Waals surface area contributed by atoms with E-state index in [-0.39, 0.29) is 6.03 Å². The molecule has 1 aliphatic rings. The Morgan fingerprint density at radius 3 is 2.67 bits per heavy atom. The zero-order valence-electron chi connectivity index (χ0n) is 20.0. The monoisotopic (exact) mass is 466 g/mol. The quantitative estimate of drug-likeness (QED) is 0.303. The second kappa shape index (κ2) is 9.97. The van der Waals surface area contributed by atoms with Crippen molar-refractivity contribution >= 4 is 31.0 Å². The Labute approximate surface area is 196 Å². The molecule has 2 N–H and O–H groups in total. The molecule has 1 aliphatic carbocycles. The number of amides is 2. The van der Waals surface area contributed by atoms with E-state index in [4.69, 9.17) is 14.5 Å². The standard InChI is InChI=1S/C25H34N4O3Si/c1-31-22-8-6-5-7-19(22)21-16-29(17-32-13-14-33(2,3)4)24-20(21)11-12-23(27-24)28-25(30)26-15-18-9-10-18/h5-8,11-12,16,18H,9-10,13-15,17H2,1-4H3,(H2,26,27,28,30). The number of aromatic nitrogens is 2. The lowest BCUT2D eigenvalue weighted by atomic mass is 10.0. The van der Waals surface area contributed by atoms with E-state index in [9.17, 15) is 4.79 Å². The van der Waals surface area contributed by atoms with Gasteiger partial charge in [0.2, 0.25) is 0 Å². The minimum Gasteiger partial charge on any atom is -0.496 e. The number of methoxy groups -OCH3 is 1. The Morgan fingerprint density at radius 1 is 1.15 bits per heavy atom. The van der Waals surface area contributed by atoms with E-state index in [2.05, 4.69) is 36.5 Å². The van der Waals surface area contributed by atoms with E-state index in [1.165, 1.54) is 12.8 Å². The van der Waals surface area contributed by atoms with Crippen LogP contribution in [0.1, 0.15) is 12.8 Å². The molecule has 0 saturated heterocycles. The number of fused-ring (bicyclic) bond motifs is 1. The third-order valence-electron chi connectivity index (χ3n) is 5.84. The number of pyridine rings is 1. The Balaban J connectivity index is 1.61. The summed E-state index contributed by atoms with van der Waals surface area (Å²) < 4.78 is 13.6. The van der Waals surface area contributed by atoms with Crippen LogP contribution in [0.3, 0.4) is 0 Å². The third-order valence-corrected chi connectivity index (χ3v) is 7.54. The first-order valence-corrected chi connectivity index (χ1v) is 15.3. The SMILES string of the molecule is COc1ccccc1-c1cn(COCC[Si](C)(C)C)c2nc(NC(=O)NCC3CC3)ccc12. The molecule has 2 amide bonds. The maximum absolute atomic E-state index is 12.3. The summed E-state index contributed by atoms with van der Waals surface area (Å²) in [6, 6.07) is 12.7. The molecular formula is C25H34N4O3Si. The van der Waals surface area contributed by atoms with Crippen LogP contribution in [0.15, 0.2) is 42.6 Å². The topological polar surface area (TPSA) is 77.4 Å². The molecule has 0 spiro atoms. The van der Waals surface area contributed by atoms with E-state index >= 15 is 0 Å². The summed E-state index contributed by atoms with van der Waals surface area (Å²) >= 11 is 0. The normalized spacial score (nSPS) is 13.8. The number of nitrogens with zero attached hydrogens (tertiary/aromatic N) is 2. The van der Waals surface area contributed by atoms with E-state index in [0.29, 0.717) is 25.0 Å². The van der Waals surface area contributed by atoms with Gasteiger partial charge < -0.3 is 19.4 Å². The molecule has 0 bridgehead atoms. The number of para-hydroxylation sites is 1. The highest BCUT2D eigenvalue weighted by Gasteiger charge is 2.22. The molecule has 1 aromatic carbocycles. The Kier molecular flexibility index (Phi) is 7.04. The molecular weight excluding hydrogens is 432 g/mol. The van der Waals surface area contributed by atoms with Crippen molar-refractivity contribution in [2.45, 2.75) is 45.3 Å². The number of ether oxygens (including phenoxy) is 2. The van der Waals surface area contributed by atoms with Crippen molar-refractivity contribution in [1.82, 2.24) is 14.9 Å². The highest BCUT2D eigenvalue weighted by Crippen LogP contribution is 2.36. The Morgan fingerprint density at radius 2 is 1.94 bits per heavy atom. The summed E-state index contributed by atoms with van der Waals surface area (Å²) in [5.74, 6) is 1.95. The molecule has 2 heterocycles. The van der Waals surface area contributed by atoms with Crippen LogP contribution in [0.2, 0.25) is 25.7 Å². The molecule has 33 heavy (non-hydrogen) atoms. The van der Waals surface area contributed by atoms with E-state index in [0.717, 1.165) is 40.6 Å². The van der Waals surface area contributed by atoms with Crippen LogP contribution < -0.4 is 15.4 Å². The minimum absolute atomic E-state index is 0.219. The lowest BCUT2D eigenvalue weighted by Gasteiger charge is -2.15. The molecule has 0 atom stereocenters. The molecule has 2 aromatic heterocycles. The second-order valence-corrected chi connectivity index (χ2v) is 15.5. The van der Waals surface area contributed by atoms with Gasteiger partial charge in [0, 0.05) is 43.9 Å². The third kappa shape index (κ3) is 6.14. The highest BCUT2D eigenvalue weighted by molar-refractivity contribution is 6.76. The maximum Gasteiger partial charge on any atom is 0.320 e. The zero-order chi connectivity index (χ0) is 23.4. The first kappa shape index (κ1) is 23.3. The van der Waals surface area contributed by atoms with E-state index in [1.807, 2.05) is 41.0 Å². The molecule has 3 aromatic rings. The van der Waals surface area contributed by atoms with Crippen molar-refractivity contribution in [2.75, 3.05) is 25.6 Å². The van der Waals surface area contributed by atoms with Gasteiger partial charge in [-0.15, -0.1) is 0 Å². The fraction of sp³-hybridized carbons (Fsp3) is 0.440. The van der Waals surface area contributed by atoms with Crippen molar-refractivity contribution in [3.63, 3.8) is 0 Å². The predicted octanol–water partition coefficient (Wildman–Crippen LogP) is 5.56. The van der Waals surface area contributed by atoms with Crippen molar-refractivity contribution < 1.29 is 14.3 Å². The summed E-state index contributed by atoms with van der Waals surface area (Å²) in [6.45, 7) is 8.87. The van der Waals surface area contributed by atoms with Gasteiger partial charge in [0.15, 0.2) is 0 Å². The molecule has 8 heteroatoms. The number of nitrogens with one attached hydrogen (secondary N) is 2. The number of carbonyl (C=O) groups excluding carboxylic acids is 1. The van der Waals surface area contributed by atoms with Crippen molar-refractivity contribution in [2.24, 2.45) is 5.92 Å².